The number of nitro groups is 1. The molecule has 0 saturated heterocycles. The van der Waals surface area contributed by atoms with Gasteiger partial charge in [-0.15, -0.1) is 0 Å². The minimum Gasteiger partial charge on any atom is -0.373 e. The first-order valence-electron chi connectivity index (χ1n) is 6.35. The summed E-state index contributed by atoms with van der Waals surface area (Å²) in [6.45, 7) is 3.54. The van der Waals surface area contributed by atoms with Gasteiger partial charge < -0.3 is 5.32 Å². The lowest BCUT2D eigenvalue weighted by Gasteiger charge is -2.17. The maximum atomic E-state index is 13.9. The Labute approximate surface area is 130 Å². The van der Waals surface area contributed by atoms with Crippen LogP contribution in [0.1, 0.15) is 24.1 Å². The fourth-order valence-corrected chi connectivity index (χ4v) is 2.45. The molecule has 0 aromatic heterocycles. The highest BCUT2D eigenvalue weighted by molar-refractivity contribution is 9.10. The van der Waals surface area contributed by atoms with E-state index in [9.17, 15) is 14.5 Å². The molecule has 0 saturated carbocycles. The van der Waals surface area contributed by atoms with Crippen molar-refractivity contribution in [1.29, 1.82) is 0 Å². The van der Waals surface area contributed by atoms with Crippen LogP contribution in [0.25, 0.3) is 0 Å². The molecule has 0 radical (unpaired) electrons. The summed E-state index contributed by atoms with van der Waals surface area (Å²) in [4.78, 5) is 10.7. The number of nitrogens with one attached hydrogen (secondary N) is 1. The topological polar surface area (TPSA) is 55.2 Å². The predicted octanol–water partition coefficient (Wildman–Crippen LogP) is 4.98. The van der Waals surface area contributed by atoms with Gasteiger partial charge in [-0.1, -0.05) is 22.0 Å². The molecule has 1 N–H and O–H groups in total. The third-order valence-corrected chi connectivity index (χ3v) is 3.64. The van der Waals surface area contributed by atoms with Gasteiger partial charge in [-0.05, 0) is 43.7 Å². The highest BCUT2D eigenvalue weighted by Gasteiger charge is 2.18. The maximum absolute atomic E-state index is 13.9. The van der Waals surface area contributed by atoms with Crippen LogP contribution in [0.15, 0.2) is 40.9 Å². The van der Waals surface area contributed by atoms with Crippen LogP contribution in [0.5, 0.6) is 0 Å². The van der Waals surface area contributed by atoms with Crippen LogP contribution in [0.3, 0.4) is 0 Å². The molecular weight excluding hydrogens is 339 g/mol. The molecule has 0 aliphatic heterocycles. The van der Waals surface area contributed by atoms with Gasteiger partial charge in [-0.2, -0.15) is 0 Å². The molecule has 0 spiro atoms. The molecule has 110 valence electrons. The van der Waals surface area contributed by atoms with Crippen molar-refractivity contribution in [3.8, 4) is 0 Å². The maximum Gasteiger partial charge on any atom is 0.292 e. The number of nitro benzene ring substituents is 1. The average Bonchev–Trinajstić information content (AvgIpc) is 2.43. The van der Waals surface area contributed by atoms with E-state index in [2.05, 4.69) is 21.2 Å². The molecule has 4 nitrogen and oxygen atoms in total. The van der Waals surface area contributed by atoms with Crippen molar-refractivity contribution < 1.29 is 9.31 Å². The number of aryl methyl sites for hydroxylation is 1. The standard InChI is InChI=1S/C15H14BrFN2O2/c1-9-3-6-14(15(7-9)19(20)21)18-10(2)12-8-11(16)4-5-13(12)17/h3-8,10,18H,1-2H3. The zero-order valence-corrected chi connectivity index (χ0v) is 13.1. The summed E-state index contributed by atoms with van der Waals surface area (Å²) in [7, 11) is 0. The van der Waals surface area contributed by atoms with Gasteiger partial charge in [-0.25, -0.2) is 4.39 Å². The van der Waals surface area contributed by atoms with Crippen LogP contribution in [-0.2, 0) is 0 Å². The van der Waals surface area contributed by atoms with E-state index in [0.29, 0.717) is 11.3 Å². The summed E-state index contributed by atoms with van der Waals surface area (Å²) < 4.78 is 14.6. The Balaban J connectivity index is 2.33. The quantitative estimate of drug-likeness (QED) is 0.623. The first-order chi connectivity index (χ1) is 9.88. The first-order valence-corrected chi connectivity index (χ1v) is 7.14. The Hall–Kier alpha value is -1.95. The van der Waals surface area contributed by atoms with Crippen molar-refractivity contribution in [2.24, 2.45) is 0 Å². The third kappa shape index (κ3) is 3.58. The number of anilines is 1. The van der Waals surface area contributed by atoms with Gasteiger partial charge >= 0.3 is 0 Å². The molecule has 1 atom stereocenters. The van der Waals surface area contributed by atoms with Gasteiger partial charge in [0.05, 0.1) is 11.0 Å². The van der Waals surface area contributed by atoms with Crippen LogP contribution >= 0.6 is 15.9 Å². The van der Waals surface area contributed by atoms with Crippen molar-refractivity contribution in [2.75, 3.05) is 5.32 Å². The van der Waals surface area contributed by atoms with E-state index < -0.39 is 11.0 Å². The Bertz CT molecular complexity index is 691. The summed E-state index contributed by atoms with van der Waals surface area (Å²) in [5, 5.41) is 14.1. The molecule has 0 bridgehead atoms. The second-order valence-electron chi connectivity index (χ2n) is 4.81. The van der Waals surface area contributed by atoms with Crippen molar-refractivity contribution in [3.63, 3.8) is 0 Å². The van der Waals surface area contributed by atoms with E-state index in [0.717, 1.165) is 10.0 Å². The van der Waals surface area contributed by atoms with Crippen LogP contribution < -0.4 is 5.32 Å². The number of benzene rings is 2. The summed E-state index contributed by atoms with van der Waals surface area (Å²) in [5.41, 5.74) is 1.60. The van der Waals surface area contributed by atoms with Crippen LogP contribution in [0.4, 0.5) is 15.8 Å². The highest BCUT2D eigenvalue weighted by Crippen LogP contribution is 2.30. The van der Waals surface area contributed by atoms with E-state index in [1.807, 2.05) is 0 Å². The highest BCUT2D eigenvalue weighted by atomic mass is 79.9. The zero-order chi connectivity index (χ0) is 15.6. The van der Waals surface area contributed by atoms with E-state index in [-0.39, 0.29) is 11.5 Å². The van der Waals surface area contributed by atoms with E-state index >= 15 is 0 Å². The Morgan fingerprint density at radius 3 is 2.67 bits per heavy atom. The monoisotopic (exact) mass is 352 g/mol. The van der Waals surface area contributed by atoms with Crippen molar-refractivity contribution in [2.45, 2.75) is 19.9 Å². The average molecular weight is 353 g/mol. The summed E-state index contributed by atoms with van der Waals surface area (Å²) >= 11 is 3.29. The third-order valence-electron chi connectivity index (χ3n) is 3.15. The lowest BCUT2D eigenvalue weighted by molar-refractivity contribution is -0.384. The van der Waals surface area contributed by atoms with Crippen molar-refractivity contribution >= 4 is 27.3 Å². The lowest BCUT2D eigenvalue weighted by Crippen LogP contribution is -2.10. The second-order valence-corrected chi connectivity index (χ2v) is 5.73. The summed E-state index contributed by atoms with van der Waals surface area (Å²) in [6.07, 6.45) is 0. The first kappa shape index (κ1) is 15.4. The van der Waals surface area contributed by atoms with Gasteiger partial charge in [0, 0.05) is 16.1 Å². The normalized spacial score (nSPS) is 12.0. The van der Waals surface area contributed by atoms with Crippen molar-refractivity contribution in [3.05, 3.63) is 67.9 Å². The van der Waals surface area contributed by atoms with Crippen molar-refractivity contribution in [1.82, 2.24) is 0 Å². The second kappa shape index (κ2) is 6.22. The Morgan fingerprint density at radius 1 is 1.29 bits per heavy atom. The van der Waals surface area contributed by atoms with Gasteiger partial charge in [0.15, 0.2) is 0 Å². The Morgan fingerprint density at radius 2 is 2.00 bits per heavy atom. The molecule has 6 heteroatoms. The molecule has 0 heterocycles. The molecule has 2 rings (SSSR count). The van der Waals surface area contributed by atoms with Gasteiger partial charge in [0.2, 0.25) is 0 Å². The van der Waals surface area contributed by atoms with Crippen LogP contribution in [-0.4, -0.2) is 4.92 Å². The number of hydrogen-bond donors (Lipinski definition) is 1. The molecule has 0 aliphatic carbocycles. The summed E-state index contributed by atoms with van der Waals surface area (Å²) in [6, 6.07) is 9.14. The van der Waals surface area contributed by atoms with Gasteiger partial charge in [0.1, 0.15) is 11.5 Å². The predicted molar refractivity (Wildman–Crippen MR) is 84.0 cm³/mol. The number of nitrogens with zero attached hydrogens (tertiary/aromatic N) is 1. The lowest BCUT2D eigenvalue weighted by atomic mass is 10.1. The van der Waals surface area contributed by atoms with E-state index in [1.165, 1.54) is 12.1 Å². The fraction of sp³-hybridized carbons (Fsp3) is 0.200. The Kier molecular flexibility index (Phi) is 4.57. The minimum absolute atomic E-state index is 0.0164. The molecule has 2 aromatic rings. The number of rotatable bonds is 4. The molecule has 0 amide bonds. The smallest absolute Gasteiger partial charge is 0.292 e. The molecule has 0 aliphatic rings. The molecular formula is C15H14BrFN2O2. The van der Waals surface area contributed by atoms with Gasteiger partial charge in [0.25, 0.3) is 5.69 Å². The largest absolute Gasteiger partial charge is 0.373 e. The zero-order valence-electron chi connectivity index (χ0n) is 11.6. The van der Waals surface area contributed by atoms with E-state index in [1.54, 1.807) is 38.1 Å². The van der Waals surface area contributed by atoms with Gasteiger partial charge in [-0.3, -0.25) is 10.1 Å². The number of hydrogen-bond acceptors (Lipinski definition) is 3. The molecule has 1 unspecified atom stereocenters. The van der Waals surface area contributed by atoms with E-state index in [4.69, 9.17) is 0 Å². The van der Waals surface area contributed by atoms with Crippen LogP contribution in [0.2, 0.25) is 0 Å². The number of halogens is 2. The SMILES string of the molecule is Cc1ccc(NC(C)c2cc(Br)ccc2F)c([N+](=O)[O-])c1. The van der Waals surface area contributed by atoms with Crippen LogP contribution in [0, 0.1) is 22.9 Å². The minimum atomic E-state index is -0.445. The molecule has 21 heavy (non-hydrogen) atoms. The molecule has 2 aromatic carbocycles. The fourth-order valence-electron chi connectivity index (χ4n) is 2.07. The summed E-state index contributed by atoms with van der Waals surface area (Å²) in [5.74, 6) is -0.354. The molecule has 0 fully saturated rings.